The van der Waals surface area contributed by atoms with Crippen LogP contribution in [0.2, 0.25) is 0 Å². The summed E-state index contributed by atoms with van der Waals surface area (Å²) in [6, 6.07) is 15.6. The molecular weight excluding hydrogens is 372 g/mol. The first-order valence-electron chi connectivity index (χ1n) is 9.33. The highest BCUT2D eigenvalue weighted by Gasteiger charge is 2.14. The topological polar surface area (TPSA) is 56.8 Å². The molecule has 0 aromatic heterocycles. The molecular formula is C21H26N4O2S. The number of nitrogens with zero attached hydrogens (tertiary/aromatic N) is 2. The lowest BCUT2D eigenvalue weighted by Crippen LogP contribution is -2.44. The van der Waals surface area contributed by atoms with Gasteiger partial charge in [-0.1, -0.05) is 12.1 Å². The minimum Gasteiger partial charge on any atom is -0.484 e. The molecule has 2 N–H and O–H groups in total. The Labute approximate surface area is 171 Å². The number of ether oxygens (including phenoxy) is 1. The summed E-state index contributed by atoms with van der Waals surface area (Å²) in [6.45, 7) is 6.08. The Morgan fingerprint density at radius 3 is 2.50 bits per heavy atom. The second-order valence-electron chi connectivity index (χ2n) is 6.94. The van der Waals surface area contributed by atoms with Gasteiger partial charge in [-0.3, -0.25) is 10.1 Å². The van der Waals surface area contributed by atoms with Crippen LogP contribution in [0.5, 0.6) is 5.75 Å². The zero-order valence-corrected chi connectivity index (χ0v) is 17.1. The van der Waals surface area contributed by atoms with Crippen LogP contribution in [0.3, 0.4) is 0 Å². The van der Waals surface area contributed by atoms with Crippen LogP contribution in [0.15, 0.2) is 48.5 Å². The highest BCUT2D eigenvalue weighted by Crippen LogP contribution is 2.19. The Balaban J connectivity index is 1.44. The molecule has 0 aliphatic carbocycles. The first-order valence-corrected chi connectivity index (χ1v) is 9.74. The molecule has 1 fully saturated rings. The Bertz CT molecular complexity index is 817. The van der Waals surface area contributed by atoms with Crippen molar-refractivity contribution >= 4 is 34.6 Å². The molecule has 6 nitrogen and oxygen atoms in total. The number of hydrogen-bond donors (Lipinski definition) is 2. The van der Waals surface area contributed by atoms with E-state index < -0.39 is 0 Å². The molecule has 1 heterocycles. The summed E-state index contributed by atoms with van der Waals surface area (Å²) in [4.78, 5) is 16.7. The lowest BCUT2D eigenvalue weighted by Gasteiger charge is -2.34. The minimum atomic E-state index is -0.298. The SMILES string of the molecule is Cc1cccc(OCC(=O)NC(=S)Nc2ccc(N3CCN(C)CC3)cc2)c1. The number of aryl methyl sites for hydroxylation is 1. The highest BCUT2D eigenvalue weighted by atomic mass is 32.1. The Morgan fingerprint density at radius 2 is 1.82 bits per heavy atom. The summed E-state index contributed by atoms with van der Waals surface area (Å²) < 4.78 is 5.48. The van der Waals surface area contributed by atoms with Gasteiger partial charge in [-0.2, -0.15) is 0 Å². The van der Waals surface area contributed by atoms with Crippen LogP contribution >= 0.6 is 12.2 Å². The average molecular weight is 399 g/mol. The van der Waals surface area contributed by atoms with Crippen molar-refractivity contribution < 1.29 is 9.53 Å². The van der Waals surface area contributed by atoms with Crippen LogP contribution in [0.4, 0.5) is 11.4 Å². The maximum absolute atomic E-state index is 12.0. The van der Waals surface area contributed by atoms with Crippen molar-refractivity contribution in [2.24, 2.45) is 0 Å². The molecule has 2 aromatic rings. The van der Waals surface area contributed by atoms with E-state index in [-0.39, 0.29) is 17.6 Å². The van der Waals surface area contributed by atoms with E-state index in [4.69, 9.17) is 17.0 Å². The number of benzene rings is 2. The maximum Gasteiger partial charge on any atom is 0.264 e. The van der Waals surface area contributed by atoms with Gasteiger partial charge in [0.2, 0.25) is 0 Å². The predicted octanol–water partition coefficient (Wildman–Crippen LogP) is 2.64. The summed E-state index contributed by atoms with van der Waals surface area (Å²) in [7, 11) is 2.14. The van der Waals surface area contributed by atoms with Crippen LogP contribution in [0.1, 0.15) is 5.56 Å². The van der Waals surface area contributed by atoms with E-state index in [1.54, 1.807) is 0 Å². The van der Waals surface area contributed by atoms with Gasteiger partial charge in [-0.25, -0.2) is 0 Å². The summed E-state index contributed by atoms with van der Waals surface area (Å²) in [5.74, 6) is 0.363. The van der Waals surface area contributed by atoms with E-state index >= 15 is 0 Å². The zero-order chi connectivity index (χ0) is 19.9. The summed E-state index contributed by atoms with van der Waals surface area (Å²) in [6.07, 6.45) is 0. The molecule has 1 aliphatic rings. The normalized spacial score (nSPS) is 14.4. The first-order chi connectivity index (χ1) is 13.5. The minimum absolute atomic E-state index is 0.0897. The van der Waals surface area contributed by atoms with Gasteiger partial charge in [-0.05, 0) is 68.2 Å². The molecule has 0 bridgehead atoms. The second-order valence-corrected chi connectivity index (χ2v) is 7.35. The van der Waals surface area contributed by atoms with Gasteiger partial charge in [0.25, 0.3) is 5.91 Å². The van der Waals surface area contributed by atoms with Crippen molar-refractivity contribution in [2.75, 3.05) is 50.1 Å². The third-order valence-electron chi connectivity index (χ3n) is 4.61. The van der Waals surface area contributed by atoms with Gasteiger partial charge in [0.15, 0.2) is 11.7 Å². The average Bonchev–Trinajstić information content (AvgIpc) is 2.68. The number of anilines is 2. The molecule has 1 amide bonds. The first kappa shape index (κ1) is 20.1. The zero-order valence-electron chi connectivity index (χ0n) is 16.3. The van der Waals surface area contributed by atoms with Gasteiger partial charge in [0.05, 0.1) is 0 Å². The summed E-state index contributed by atoms with van der Waals surface area (Å²) >= 11 is 5.22. The number of rotatable bonds is 5. The quantitative estimate of drug-likeness (QED) is 0.756. The van der Waals surface area contributed by atoms with Crippen molar-refractivity contribution in [1.82, 2.24) is 10.2 Å². The third-order valence-corrected chi connectivity index (χ3v) is 4.81. The van der Waals surface area contributed by atoms with Crippen molar-refractivity contribution in [3.8, 4) is 5.75 Å². The monoisotopic (exact) mass is 398 g/mol. The van der Waals surface area contributed by atoms with Gasteiger partial charge in [0, 0.05) is 37.6 Å². The van der Waals surface area contributed by atoms with Crippen molar-refractivity contribution in [1.29, 1.82) is 0 Å². The van der Waals surface area contributed by atoms with Gasteiger partial charge < -0.3 is 19.9 Å². The third kappa shape index (κ3) is 5.94. The van der Waals surface area contributed by atoms with E-state index in [2.05, 4.69) is 39.6 Å². The number of hydrogen-bond acceptors (Lipinski definition) is 5. The number of thiocarbonyl (C=S) groups is 1. The molecule has 28 heavy (non-hydrogen) atoms. The molecule has 1 aliphatic heterocycles. The lowest BCUT2D eigenvalue weighted by molar-refractivity contribution is -0.121. The number of piperazine rings is 1. The van der Waals surface area contributed by atoms with Crippen LogP contribution in [-0.2, 0) is 4.79 Å². The fourth-order valence-corrected chi connectivity index (χ4v) is 3.23. The Kier molecular flexibility index (Phi) is 6.84. The van der Waals surface area contributed by atoms with E-state index in [0.717, 1.165) is 37.4 Å². The molecule has 0 radical (unpaired) electrons. The van der Waals surface area contributed by atoms with Crippen LogP contribution < -0.4 is 20.3 Å². The van der Waals surface area contributed by atoms with Crippen molar-refractivity contribution in [3.05, 3.63) is 54.1 Å². The molecule has 7 heteroatoms. The number of carbonyl (C=O) groups excluding carboxylic acids is 1. The lowest BCUT2D eigenvalue weighted by atomic mass is 10.2. The molecule has 1 saturated heterocycles. The second kappa shape index (κ2) is 9.52. The van der Waals surface area contributed by atoms with Crippen LogP contribution in [0.25, 0.3) is 0 Å². The standard InChI is InChI=1S/C21H26N4O2S/c1-16-4-3-5-19(14-16)27-15-20(26)23-21(28)22-17-6-8-18(9-7-17)25-12-10-24(2)11-13-25/h3-9,14H,10-13,15H2,1-2H3,(H2,22,23,26,28). The number of nitrogens with one attached hydrogen (secondary N) is 2. The number of likely N-dealkylation sites (N-methyl/N-ethyl adjacent to an activating group) is 1. The van der Waals surface area contributed by atoms with Gasteiger partial charge in [0.1, 0.15) is 5.75 Å². The van der Waals surface area contributed by atoms with Crippen molar-refractivity contribution in [3.63, 3.8) is 0 Å². The fraction of sp³-hybridized carbons (Fsp3) is 0.333. The van der Waals surface area contributed by atoms with Gasteiger partial charge >= 0.3 is 0 Å². The highest BCUT2D eigenvalue weighted by molar-refractivity contribution is 7.80. The predicted molar refractivity (Wildman–Crippen MR) is 117 cm³/mol. The summed E-state index contributed by atoms with van der Waals surface area (Å²) in [5, 5.41) is 5.93. The van der Waals surface area contributed by atoms with E-state index in [1.807, 2.05) is 43.3 Å². The number of amides is 1. The molecule has 0 atom stereocenters. The Morgan fingerprint density at radius 1 is 1.11 bits per heavy atom. The maximum atomic E-state index is 12.0. The number of carbonyl (C=O) groups is 1. The Hall–Kier alpha value is -2.64. The molecule has 3 rings (SSSR count). The van der Waals surface area contributed by atoms with E-state index in [9.17, 15) is 4.79 Å². The van der Waals surface area contributed by atoms with E-state index in [1.165, 1.54) is 5.69 Å². The molecule has 0 unspecified atom stereocenters. The molecule has 148 valence electrons. The van der Waals surface area contributed by atoms with E-state index in [0.29, 0.717) is 5.75 Å². The van der Waals surface area contributed by atoms with Crippen molar-refractivity contribution in [2.45, 2.75) is 6.92 Å². The molecule has 2 aromatic carbocycles. The fourth-order valence-electron chi connectivity index (χ4n) is 3.00. The largest absolute Gasteiger partial charge is 0.484 e. The van der Waals surface area contributed by atoms with Crippen LogP contribution in [-0.4, -0.2) is 55.8 Å². The smallest absolute Gasteiger partial charge is 0.264 e. The molecule has 0 spiro atoms. The summed E-state index contributed by atoms with van der Waals surface area (Å²) in [5.41, 5.74) is 3.11. The van der Waals surface area contributed by atoms with Crippen LogP contribution in [0, 0.1) is 6.92 Å². The molecule has 0 saturated carbocycles. The van der Waals surface area contributed by atoms with Gasteiger partial charge in [-0.15, -0.1) is 0 Å².